The summed E-state index contributed by atoms with van der Waals surface area (Å²) in [6, 6.07) is 10.8. The highest BCUT2D eigenvalue weighted by atomic mass is 32.2. The molecule has 1 heterocycles. The predicted molar refractivity (Wildman–Crippen MR) is 122 cm³/mol. The number of amides is 1. The van der Waals surface area contributed by atoms with Crippen molar-refractivity contribution in [2.45, 2.75) is 11.4 Å². The fraction of sp³-hybridized carbons (Fsp3) is 0.391. The first-order valence-corrected chi connectivity index (χ1v) is 12.0. The van der Waals surface area contributed by atoms with Gasteiger partial charge in [0.15, 0.2) is 0 Å². The normalized spacial score (nSPS) is 14.3. The fourth-order valence-electron chi connectivity index (χ4n) is 3.49. The van der Waals surface area contributed by atoms with E-state index in [2.05, 4.69) is 0 Å². The van der Waals surface area contributed by atoms with Gasteiger partial charge in [-0.3, -0.25) is 9.59 Å². The second-order valence-corrected chi connectivity index (χ2v) is 9.44. The molecule has 0 spiro atoms. The minimum absolute atomic E-state index is 0.0787. The second-order valence-electron chi connectivity index (χ2n) is 7.50. The second kappa shape index (κ2) is 11.3. The molecule has 1 fully saturated rings. The molecule has 1 aliphatic heterocycles. The van der Waals surface area contributed by atoms with E-state index in [4.69, 9.17) is 18.9 Å². The van der Waals surface area contributed by atoms with Crippen molar-refractivity contribution in [2.75, 3.05) is 54.2 Å². The maximum Gasteiger partial charge on any atom is 0.325 e. The van der Waals surface area contributed by atoms with Crippen LogP contribution in [-0.4, -0.2) is 83.7 Å². The van der Waals surface area contributed by atoms with Crippen LogP contribution in [0.25, 0.3) is 0 Å². The van der Waals surface area contributed by atoms with E-state index in [-0.39, 0.29) is 36.6 Å². The van der Waals surface area contributed by atoms with Crippen LogP contribution in [0.1, 0.15) is 15.9 Å². The molecule has 10 nitrogen and oxygen atoms in total. The lowest BCUT2D eigenvalue weighted by atomic mass is 10.1. The predicted octanol–water partition coefficient (Wildman–Crippen LogP) is 1.54. The zero-order chi connectivity index (χ0) is 24.7. The van der Waals surface area contributed by atoms with Gasteiger partial charge in [0.1, 0.15) is 18.0 Å². The first-order chi connectivity index (χ1) is 16.3. The van der Waals surface area contributed by atoms with Gasteiger partial charge in [-0.25, -0.2) is 8.42 Å². The number of hydrogen-bond donors (Lipinski definition) is 0. The molecule has 0 N–H and O–H groups in total. The summed E-state index contributed by atoms with van der Waals surface area (Å²) in [5.41, 5.74) is 0.916. The molecule has 2 aromatic carbocycles. The number of carbonyl (C=O) groups is 2. The highest BCUT2D eigenvalue weighted by Crippen LogP contribution is 2.24. The van der Waals surface area contributed by atoms with Crippen LogP contribution in [-0.2, 0) is 30.8 Å². The van der Waals surface area contributed by atoms with Crippen molar-refractivity contribution in [2.24, 2.45) is 0 Å². The Bertz CT molecular complexity index is 1090. The maximum atomic E-state index is 13.3. The SMILES string of the molecule is COC(=O)CN(Cc1cc(OC)cc(OC)c1)C(=O)c1ccc(S(=O)(=O)N2CCOCC2)cc1. The largest absolute Gasteiger partial charge is 0.497 e. The zero-order valence-electron chi connectivity index (χ0n) is 19.4. The molecule has 0 aliphatic carbocycles. The Morgan fingerprint density at radius 2 is 1.56 bits per heavy atom. The standard InChI is InChI=1S/C23H28N2O8S/c1-30-19-12-17(13-20(14-19)31-2)15-24(16-22(26)32-3)23(27)18-4-6-21(7-5-18)34(28,29)25-8-10-33-11-9-25/h4-7,12-14H,8-11,15-16H2,1-3H3. The van der Waals surface area contributed by atoms with E-state index in [9.17, 15) is 18.0 Å². The van der Waals surface area contributed by atoms with Crippen LogP contribution in [0, 0.1) is 0 Å². The number of sulfonamides is 1. The quantitative estimate of drug-likeness (QED) is 0.485. The van der Waals surface area contributed by atoms with Gasteiger partial charge < -0.3 is 23.8 Å². The molecule has 0 aromatic heterocycles. The van der Waals surface area contributed by atoms with Crippen LogP contribution < -0.4 is 9.47 Å². The molecule has 184 valence electrons. The van der Waals surface area contributed by atoms with Gasteiger partial charge in [0.25, 0.3) is 5.91 Å². The van der Waals surface area contributed by atoms with Gasteiger partial charge in [-0.05, 0) is 42.0 Å². The lowest BCUT2D eigenvalue weighted by Crippen LogP contribution is -2.40. The van der Waals surface area contributed by atoms with Gasteiger partial charge in [0.05, 0.1) is 39.4 Å². The molecular weight excluding hydrogens is 464 g/mol. The van der Waals surface area contributed by atoms with Crippen LogP contribution >= 0.6 is 0 Å². The Morgan fingerprint density at radius 1 is 0.971 bits per heavy atom. The molecular formula is C23H28N2O8S. The minimum atomic E-state index is -3.69. The minimum Gasteiger partial charge on any atom is -0.497 e. The zero-order valence-corrected chi connectivity index (χ0v) is 20.2. The van der Waals surface area contributed by atoms with E-state index < -0.39 is 21.9 Å². The van der Waals surface area contributed by atoms with Crippen molar-refractivity contribution in [1.29, 1.82) is 0 Å². The van der Waals surface area contributed by atoms with Gasteiger partial charge in [-0.2, -0.15) is 4.31 Å². The van der Waals surface area contributed by atoms with Crippen LogP contribution in [0.15, 0.2) is 47.4 Å². The van der Waals surface area contributed by atoms with E-state index in [0.717, 1.165) is 0 Å². The van der Waals surface area contributed by atoms with E-state index >= 15 is 0 Å². The van der Waals surface area contributed by atoms with Gasteiger partial charge >= 0.3 is 5.97 Å². The lowest BCUT2D eigenvalue weighted by molar-refractivity contribution is -0.141. The van der Waals surface area contributed by atoms with Crippen molar-refractivity contribution in [1.82, 2.24) is 9.21 Å². The fourth-order valence-corrected chi connectivity index (χ4v) is 4.89. The van der Waals surface area contributed by atoms with E-state index in [0.29, 0.717) is 30.3 Å². The Morgan fingerprint density at radius 3 is 2.09 bits per heavy atom. The van der Waals surface area contributed by atoms with Crippen LogP contribution in [0.4, 0.5) is 0 Å². The summed E-state index contributed by atoms with van der Waals surface area (Å²) in [6.07, 6.45) is 0. The average Bonchev–Trinajstić information content (AvgIpc) is 2.88. The molecule has 0 saturated carbocycles. The number of carbonyl (C=O) groups excluding carboxylic acids is 2. The molecule has 0 radical (unpaired) electrons. The molecule has 2 aromatic rings. The van der Waals surface area contributed by atoms with E-state index in [1.807, 2.05) is 0 Å². The number of hydrogen-bond acceptors (Lipinski definition) is 8. The summed E-state index contributed by atoms with van der Waals surface area (Å²) >= 11 is 0. The first-order valence-electron chi connectivity index (χ1n) is 10.5. The molecule has 0 bridgehead atoms. The summed E-state index contributed by atoms with van der Waals surface area (Å²) in [5, 5.41) is 0. The van der Waals surface area contributed by atoms with Crippen molar-refractivity contribution < 1.29 is 37.0 Å². The van der Waals surface area contributed by atoms with Gasteiger partial charge in [-0.1, -0.05) is 0 Å². The number of ether oxygens (including phenoxy) is 4. The summed E-state index contributed by atoms with van der Waals surface area (Å²) in [4.78, 5) is 26.6. The first kappa shape index (κ1) is 25.5. The van der Waals surface area contributed by atoms with Gasteiger partial charge in [-0.15, -0.1) is 0 Å². The highest BCUT2D eigenvalue weighted by molar-refractivity contribution is 7.89. The molecule has 3 rings (SSSR count). The summed E-state index contributed by atoms with van der Waals surface area (Å²) < 4.78 is 47.6. The van der Waals surface area contributed by atoms with Gasteiger partial charge in [0.2, 0.25) is 10.0 Å². The lowest BCUT2D eigenvalue weighted by Gasteiger charge is -2.26. The Kier molecular flexibility index (Phi) is 8.48. The number of rotatable bonds is 9. The molecule has 34 heavy (non-hydrogen) atoms. The van der Waals surface area contributed by atoms with Crippen molar-refractivity contribution in [3.05, 3.63) is 53.6 Å². The van der Waals surface area contributed by atoms with Crippen molar-refractivity contribution in [3.63, 3.8) is 0 Å². The monoisotopic (exact) mass is 492 g/mol. The molecule has 1 saturated heterocycles. The summed E-state index contributed by atoms with van der Waals surface area (Å²) in [6.45, 7) is 1.03. The Hall–Kier alpha value is -3.15. The summed E-state index contributed by atoms with van der Waals surface area (Å²) in [5.74, 6) is 0.0345. The topological polar surface area (TPSA) is 112 Å². The van der Waals surface area contributed by atoms with Gasteiger partial charge in [0, 0.05) is 31.3 Å². The molecule has 1 aliphatic rings. The van der Waals surface area contributed by atoms with E-state index in [1.165, 1.54) is 54.8 Å². The van der Waals surface area contributed by atoms with Crippen LogP contribution in [0.3, 0.4) is 0 Å². The molecule has 0 unspecified atom stereocenters. The van der Waals surface area contributed by atoms with Crippen molar-refractivity contribution >= 4 is 21.9 Å². The number of nitrogens with zero attached hydrogens (tertiary/aromatic N) is 2. The molecule has 0 atom stereocenters. The smallest absolute Gasteiger partial charge is 0.325 e. The van der Waals surface area contributed by atoms with Crippen LogP contribution in [0.2, 0.25) is 0 Å². The van der Waals surface area contributed by atoms with E-state index in [1.54, 1.807) is 18.2 Å². The number of methoxy groups -OCH3 is 3. The highest BCUT2D eigenvalue weighted by Gasteiger charge is 2.27. The number of benzene rings is 2. The molecule has 1 amide bonds. The Labute approximate surface area is 199 Å². The Balaban J connectivity index is 1.84. The molecule has 11 heteroatoms. The summed E-state index contributed by atoms with van der Waals surface area (Å²) in [7, 11) is 0.588. The third-order valence-electron chi connectivity index (χ3n) is 5.33. The third kappa shape index (κ3) is 6.04. The maximum absolute atomic E-state index is 13.3. The average molecular weight is 493 g/mol. The van der Waals surface area contributed by atoms with Crippen LogP contribution in [0.5, 0.6) is 11.5 Å². The third-order valence-corrected chi connectivity index (χ3v) is 7.24. The van der Waals surface area contributed by atoms with Crippen molar-refractivity contribution in [3.8, 4) is 11.5 Å². The number of esters is 1. The number of morpholine rings is 1.